The Balaban J connectivity index is 1.48. The van der Waals surface area contributed by atoms with Crippen LogP contribution in [0, 0.1) is 20.8 Å². The summed E-state index contributed by atoms with van der Waals surface area (Å²) in [5.41, 5.74) is 5.80. The molecule has 5 rings (SSSR count). The normalized spacial score (nSPS) is 20.9. The molecule has 0 aromatic carbocycles. The Morgan fingerprint density at radius 3 is 2.57 bits per heavy atom. The molecule has 0 aliphatic carbocycles. The Labute approximate surface area is 213 Å². The first-order valence-electron chi connectivity index (χ1n) is 12.4. The van der Waals surface area contributed by atoms with Gasteiger partial charge in [-0.1, -0.05) is 12.1 Å². The van der Waals surface area contributed by atoms with Crippen LogP contribution in [0.25, 0.3) is 5.82 Å². The second-order valence-corrected chi connectivity index (χ2v) is 9.82. The molecule has 0 saturated carbocycles. The van der Waals surface area contributed by atoms with E-state index in [2.05, 4.69) is 58.7 Å². The predicted octanol–water partition coefficient (Wildman–Crippen LogP) is 3.89. The van der Waals surface area contributed by atoms with E-state index in [1.807, 2.05) is 30.6 Å². The number of nitrogens with zero attached hydrogens (tertiary/aromatic N) is 5. The Morgan fingerprint density at radius 1 is 1.03 bits per heavy atom. The molecular formula is C27H34N6OS. The minimum Gasteiger partial charge on any atom is -0.379 e. The van der Waals surface area contributed by atoms with Crippen molar-refractivity contribution in [3.05, 3.63) is 77.0 Å². The summed E-state index contributed by atoms with van der Waals surface area (Å²) >= 11 is 5.90. The largest absolute Gasteiger partial charge is 0.379 e. The maximum absolute atomic E-state index is 5.90. The molecule has 0 bridgehead atoms. The van der Waals surface area contributed by atoms with Gasteiger partial charge in [0, 0.05) is 50.0 Å². The summed E-state index contributed by atoms with van der Waals surface area (Å²) in [5, 5.41) is 4.40. The Bertz CT molecular complexity index is 1170. The van der Waals surface area contributed by atoms with E-state index < -0.39 is 0 Å². The highest BCUT2D eigenvalue weighted by Crippen LogP contribution is 2.41. The first-order chi connectivity index (χ1) is 17.0. The van der Waals surface area contributed by atoms with Crippen molar-refractivity contribution < 1.29 is 4.74 Å². The van der Waals surface area contributed by atoms with Crippen molar-refractivity contribution in [1.82, 2.24) is 29.7 Å². The van der Waals surface area contributed by atoms with E-state index in [4.69, 9.17) is 26.9 Å². The third-order valence-electron chi connectivity index (χ3n) is 7.16. The van der Waals surface area contributed by atoms with Gasteiger partial charge in [-0.05, 0) is 74.8 Å². The van der Waals surface area contributed by atoms with Gasteiger partial charge >= 0.3 is 0 Å². The number of aryl methyl sites for hydroxylation is 2. The lowest BCUT2D eigenvalue weighted by atomic mass is 9.96. The molecule has 7 nitrogen and oxygen atoms in total. The molecule has 2 aliphatic heterocycles. The van der Waals surface area contributed by atoms with Crippen LogP contribution in [0.15, 0.2) is 48.8 Å². The standard InChI is InChI=1S/C27H34N6OS/c1-19-8-6-11-29-26(19)33-20(2)18-22(21(33)3)25-24(23-9-4-5-10-28-23)30-27(35)32(25)13-7-12-31-14-16-34-17-15-31/h4-6,8-11,18,24-25H,7,12-17H2,1-3H3,(H,30,35)/t24-,25+/m1/s1. The zero-order chi connectivity index (χ0) is 24.4. The van der Waals surface area contributed by atoms with Gasteiger partial charge in [-0.2, -0.15) is 0 Å². The maximum Gasteiger partial charge on any atom is 0.170 e. The molecule has 0 amide bonds. The van der Waals surface area contributed by atoms with E-state index in [-0.39, 0.29) is 12.1 Å². The molecule has 3 aromatic rings. The molecule has 3 aromatic heterocycles. The lowest BCUT2D eigenvalue weighted by Crippen LogP contribution is -2.39. The van der Waals surface area contributed by atoms with Gasteiger partial charge in [0.25, 0.3) is 0 Å². The van der Waals surface area contributed by atoms with Crippen molar-refractivity contribution in [2.24, 2.45) is 0 Å². The van der Waals surface area contributed by atoms with Crippen LogP contribution >= 0.6 is 12.2 Å². The van der Waals surface area contributed by atoms with Gasteiger partial charge in [0.1, 0.15) is 5.82 Å². The molecule has 35 heavy (non-hydrogen) atoms. The zero-order valence-corrected chi connectivity index (χ0v) is 21.6. The average Bonchev–Trinajstić information content (AvgIpc) is 3.35. The molecule has 0 radical (unpaired) electrons. The third-order valence-corrected chi connectivity index (χ3v) is 7.51. The number of hydrogen-bond acceptors (Lipinski definition) is 5. The second kappa shape index (κ2) is 10.4. The minimum atomic E-state index is -0.00846. The number of pyridine rings is 2. The monoisotopic (exact) mass is 490 g/mol. The molecule has 8 heteroatoms. The summed E-state index contributed by atoms with van der Waals surface area (Å²) in [4.78, 5) is 14.3. The zero-order valence-electron chi connectivity index (χ0n) is 20.8. The highest BCUT2D eigenvalue weighted by molar-refractivity contribution is 7.80. The molecule has 0 spiro atoms. The Morgan fingerprint density at radius 2 is 1.83 bits per heavy atom. The fourth-order valence-electron chi connectivity index (χ4n) is 5.40. The smallest absolute Gasteiger partial charge is 0.170 e. The lowest BCUT2D eigenvalue weighted by Gasteiger charge is -2.30. The minimum absolute atomic E-state index is 0.00846. The topological polar surface area (TPSA) is 58.5 Å². The van der Waals surface area contributed by atoms with Crippen molar-refractivity contribution in [2.45, 2.75) is 39.3 Å². The summed E-state index contributed by atoms with van der Waals surface area (Å²) in [7, 11) is 0. The summed E-state index contributed by atoms with van der Waals surface area (Å²) < 4.78 is 7.78. The Kier molecular flexibility index (Phi) is 7.13. The van der Waals surface area contributed by atoms with Gasteiger partial charge in [0.2, 0.25) is 0 Å². The quantitative estimate of drug-likeness (QED) is 0.504. The molecule has 1 N–H and O–H groups in total. The van der Waals surface area contributed by atoms with Crippen molar-refractivity contribution in [3.63, 3.8) is 0 Å². The number of nitrogens with one attached hydrogen (secondary N) is 1. The van der Waals surface area contributed by atoms with Gasteiger partial charge in [0.15, 0.2) is 5.11 Å². The van der Waals surface area contributed by atoms with E-state index >= 15 is 0 Å². The first-order valence-corrected chi connectivity index (χ1v) is 12.8. The molecule has 2 saturated heterocycles. The average molecular weight is 491 g/mol. The van der Waals surface area contributed by atoms with Crippen molar-refractivity contribution >= 4 is 17.3 Å². The lowest BCUT2D eigenvalue weighted by molar-refractivity contribution is 0.0365. The number of aromatic nitrogens is 3. The third kappa shape index (κ3) is 4.83. The fourth-order valence-corrected chi connectivity index (χ4v) is 5.73. The van der Waals surface area contributed by atoms with Gasteiger partial charge in [-0.15, -0.1) is 0 Å². The summed E-state index contributed by atoms with van der Waals surface area (Å²) in [5.74, 6) is 0.982. The second-order valence-electron chi connectivity index (χ2n) is 9.43. The predicted molar refractivity (Wildman–Crippen MR) is 142 cm³/mol. The van der Waals surface area contributed by atoms with Crippen LogP contribution in [-0.4, -0.2) is 68.8 Å². The van der Waals surface area contributed by atoms with E-state index in [1.54, 1.807) is 0 Å². The number of thiocarbonyl (C=S) groups is 1. The fraction of sp³-hybridized carbons (Fsp3) is 0.444. The van der Waals surface area contributed by atoms with Crippen LogP contribution in [0.3, 0.4) is 0 Å². The highest BCUT2D eigenvalue weighted by Gasteiger charge is 2.41. The van der Waals surface area contributed by atoms with Crippen molar-refractivity contribution in [1.29, 1.82) is 0 Å². The molecule has 0 unspecified atom stereocenters. The van der Waals surface area contributed by atoms with Gasteiger partial charge in [-0.3, -0.25) is 9.88 Å². The molecule has 184 valence electrons. The molecule has 2 fully saturated rings. The molecule has 5 heterocycles. The molecule has 2 aliphatic rings. The van der Waals surface area contributed by atoms with E-state index in [0.29, 0.717) is 0 Å². The van der Waals surface area contributed by atoms with Gasteiger partial charge < -0.3 is 19.5 Å². The maximum atomic E-state index is 5.90. The van der Waals surface area contributed by atoms with E-state index in [9.17, 15) is 0 Å². The van der Waals surface area contributed by atoms with Crippen LogP contribution in [-0.2, 0) is 4.74 Å². The number of ether oxygens (including phenoxy) is 1. The molecular weight excluding hydrogens is 456 g/mol. The van der Waals surface area contributed by atoms with Gasteiger partial charge in [0.05, 0.1) is 31.0 Å². The summed E-state index contributed by atoms with van der Waals surface area (Å²) in [6.07, 6.45) is 4.77. The van der Waals surface area contributed by atoms with Crippen LogP contribution < -0.4 is 5.32 Å². The number of hydrogen-bond donors (Lipinski definition) is 1. The van der Waals surface area contributed by atoms with Crippen molar-refractivity contribution in [2.75, 3.05) is 39.4 Å². The molecule has 2 atom stereocenters. The SMILES string of the molecule is Cc1cccnc1-n1c(C)cc([C@H]2[C@@H](c3ccccn3)NC(=S)N2CCCN2CCOCC2)c1C. The summed E-state index contributed by atoms with van der Waals surface area (Å²) in [6.45, 7) is 12.1. The van der Waals surface area contributed by atoms with Crippen LogP contribution in [0.2, 0.25) is 0 Å². The van der Waals surface area contributed by atoms with E-state index in [1.165, 1.54) is 17.0 Å². The van der Waals surface area contributed by atoms with E-state index in [0.717, 1.165) is 68.0 Å². The number of rotatable bonds is 7. The van der Waals surface area contributed by atoms with Crippen LogP contribution in [0.5, 0.6) is 0 Å². The van der Waals surface area contributed by atoms with Crippen LogP contribution in [0.1, 0.15) is 46.7 Å². The highest BCUT2D eigenvalue weighted by atomic mass is 32.1. The first kappa shape index (κ1) is 23.9. The van der Waals surface area contributed by atoms with Gasteiger partial charge in [-0.25, -0.2) is 4.98 Å². The van der Waals surface area contributed by atoms with Crippen LogP contribution in [0.4, 0.5) is 0 Å². The Hall–Kier alpha value is -2.81. The van der Waals surface area contributed by atoms with Crippen molar-refractivity contribution in [3.8, 4) is 5.82 Å². The number of morpholine rings is 1. The summed E-state index contributed by atoms with van der Waals surface area (Å²) in [6, 6.07) is 12.5.